The molecular formula is C19H20N4O2. The molecule has 1 saturated heterocycles. The highest BCUT2D eigenvalue weighted by Gasteiger charge is 2.22. The molecule has 0 N–H and O–H groups in total. The second-order valence-corrected chi connectivity index (χ2v) is 6.43. The van der Waals surface area contributed by atoms with Crippen LogP contribution in [0.4, 0.5) is 0 Å². The van der Waals surface area contributed by atoms with Crippen molar-refractivity contribution in [2.45, 2.75) is 12.8 Å². The number of rotatable bonds is 5. The zero-order valence-electron chi connectivity index (χ0n) is 14.1. The Bertz CT molecular complexity index is 817. The minimum atomic E-state index is 0.521. The lowest BCUT2D eigenvalue weighted by atomic mass is 10.1. The van der Waals surface area contributed by atoms with Crippen LogP contribution in [0.2, 0.25) is 0 Å². The van der Waals surface area contributed by atoms with Crippen molar-refractivity contribution in [3.05, 3.63) is 54.6 Å². The maximum atomic E-state index is 5.74. The Kier molecular flexibility index (Phi) is 4.43. The molecule has 3 heterocycles. The third-order valence-electron chi connectivity index (χ3n) is 4.36. The number of para-hydroxylation sites is 1. The summed E-state index contributed by atoms with van der Waals surface area (Å²) >= 11 is 0. The van der Waals surface area contributed by atoms with Gasteiger partial charge in [-0.3, -0.25) is 0 Å². The Morgan fingerprint density at radius 3 is 2.76 bits per heavy atom. The standard InChI is InChI=1S/C19H20N4O2/c1-23-10-9-14(13-23)11-18-21-19(22-25-18)17-8-7-16(12-20-17)24-15-5-3-2-4-6-15/h2-8,12,14H,9-11,13H2,1H3. The predicted molar refractivity (Wildman–Crippen MR) is 93.4 cm³/mol. The molecule has 3 aromatic rings. The van der Waals surface area contributed by atoms with Gasteiger partial charge in [-0.25, -0.2) is 4.98 Å². The van der Waals surface area contributed by atoms with Crippen LogP contribution in [-0.2, 0) is 6.42 Å². The third-order valence-corrected chi connectivity index (χ3v) is 4.36. The lowest BCUT2D eigenvalue weighted by molar-refractivity contribution is 0.343. The molecule has 0 saturated carbocycles. The van der Waals surface area contributed by atoms with E-state index >= 15 is 0 Å². The largest absolute Gasteiger partial charge is 0.456 e. The molecule has 1 aliphatic rings. The van der Waals surface area contributed by atoms with Gasteiger partial charge in [0.25, 0.3) is 0 Å². The van der Waals surface area contributed by atoms with Crippen LogP contribution in [0, 0.1) is 5.92 Å². The van der Waals surface area contributed by atoms with Crippen molar-refractivity contribution in [2.24, 2.45) is 5.92 Å². The number of aromatic nitrogens is 3. The quantitative estimate of drug-likeness (QED) is 0.711. The highest BCUT2D eigenvalue weighted by molar-refractivity contribution is 5.49. The average molecular weight is 336 g/mol. The predicted octanol–water partition coefficient (Wildman–Crippen LogP) is 3.42. The molecule has 1 aliphatic heterocycles. The average Bonchev–Trinajstić information content (AvgIpc) is 3.26. The van der Waals surface area contributed by atoms with Crippen LogP contribution in [0.1, 0.15) is 12.3 Å². The van der Waals surface area contributed by atoms with Gasteiger partial charge in [0.2, 0.25) is 11.7 Å². The number of pyridine rings is 1. The molecule has 6 nitrogen and oxygen atoms in total. The summed E-state index contributed by atoms with van der Waals surface area (Å²) < 4.78 is 11.1. The molecule has 0 radical (unpaired) electrons. The topological polar surface area (TPSA) is 64.3 Å². The van der Waals surface area contributed by atoms with E-state index in [1.54, 1.807) is 6.20 Å². The lowest BCUT2D eigenvalue weighted by Gasteiger charge is -2.06. The summed E-state index contributed by atoms with van der Waals surface area (Å²) in [5.74, 6) is 3.25. The lowest BCUT2D eigenvalue weighted by Crippen LogP contribution is -2.15. The molecule has 6 heteroatoms. The van der Waals surface area contributed by atoms with Crippen LogP contribution in [0.5, 0.6) is 11.5 Å². The first kappa shape index (κ1) is 15.8. The van der Waals surface area contributed by atoms with Crippen LogP contribution >= 0.6 is 0 Å². The highest BCUT2D eigenvalue weighted by Crippen LogP contribution is 2.23. The zero-order valence-corrected chi connectivity index (χ0v) is 14.1. The Labute approximate surface area is 146 Å². The summed E-state index contributed by atoms with van der Waals surface area (Å²) in [5.41, 5.74) is 0.680. The fourth-order valence-corrected chi connectivity index (χ4v) is 3.08. The van der Waals surface area contributed by atoms with Gasteiger partial charge in [-0.15, -0.1) is 0 Å². The van der Waals surface area contributed by atoms with Crippen LogP contribution in [0.15, 0.2) is 53.2 Å². The molecule has 0 spiro atoms. The van der Waals surface area contributed by atoms with Crippen molar-refractivity contribution in [1.29, 1.82) is 0 Å². The molecule has 1 fully saturated rings. The molecule has 25 heavy (non-hydrogen) atoms. The molecule has 1 unspecified atom stereocenters. The minimum absolute atomic E-state index is 0.521. The van der Waals surface area contributed by atoms with Crippen molar-refractivity contribution in [1.82, 2.24) is 20.0 Å². The van der Waals surface area contributed by atoms with E-state index in [1.165, 1.54) is 6.42 Å². The second kappa shape index (κ2) is 7.03. The molecule has 128 valence electrons. The van der Waals surface area contributed by atoms with E-state index in [4.69, 9.17) is 9.26 Å². The Morgan fingerprint density at radius 2 is 2.04 bits per heavy atom. The summed E-state index contributed by atoms with van der Waals surface area (Å²) in [4.78, 5) is 11.2. The van der Waals surface area contributed by atoms with Crippen LogP contribution in [0.3, 0.4) is 0 Å². The number of likely N-dealkylation sites (tertiary alicyclic amines) is 1. The highest BCUT2D eigenvalue weighted by atomic mass is 16.5. The Hall–Kier alpha value is -2.73. The Morgan fingerprint density at radius 1 is 1.16 bits per heavy atom. The molecule has 1 atom stereocenters. The van der Waals surface area contributed by atoms with Crippen LogP contribution in [-0.4, -0.2) is 40.2 Å². The second-order valence-electron chi connectivity index (χ2n) is 6.43. The summed E-state index contributed by atoms with van der Waals surface area (Å²) in [6.07, 6.45) is 3.68. The zero-order chi connectivity index (χ0) is 17.1. The van der Waals surface area contributed by atoms with E-state index in [1.807, 2.05) is 42.5 Å². The number of hydrogen-bond donors (Lipinski definition) is 0. The first-order valence-electron chi connectivity index (χ1n) is 8.47. The molecular weight excluding hydrogens is 316 g/mol. The van der Waals surface area contributed by atoms with Gasteiger partial charge < -0.3 is 14.2 Å². The number of benzene rings is 1. The number of ether oxygens (including phenoxy) is 1. The number of nitrogens with zero attached hydrogens (tertiary/aromatic N) is 4. The summed E-state index contributed by atoms with van der Waals surface area (Å²) in [7, 11) is 2.14. The van der Waals surface area contributed by atoms with Gasteiger partial charge in [0, 0.05) is 13.0 Å². The first-order valence-corrected chi connectivity index (χ1v) is 8.47. The first-order chi connectivity index (χ1) is 12.3. The van der Waals surface area contributed by atoms with Gasteiger partial charge in [0.05, 0.1) is 6.20 Å². The molecule has 0 amide bonds. The van der Waals surface area contributed by atoms with Crippen molar-refractivity contribution in [2.75, 3.05) is 20.1 Å². The fraction of sp³-hybridized carbons (Fsp3) is 0.316. The maximum Gasteiger partial charge on any atom is 0.227 e. The molecule has 4 rings (SSSR count). The summed E-state index contributed by atoms with van der Waals surface area (Å²) in [5, 5.41) is 4.06. The Balaban J connectivity index is 1.42. The van der Waals surface area contributed by atoms with Crippen molar-refractivity contribution in [3.8, 4) is 23.0 Å². The van der Waals surface area contributed by atoms with E-state index in [-0.39, 0.29) is 0 Å². The van der Waals surface area contributed by atoms with Crippen molar-refractivity contribution >= 4 is 0 Å². The monoisotopic (exact) mass is 336 g/mol. The van der Waals surface area contributed by atoms with Gasteiger partial charge in [-0.05, 0) is 50.2 Å². The van der Waals surface area contributed by atoms with Crippen LogP contribution in [0.25, 0.3) is 11.5 Å². The third kappa shape index (κ3) is 3.85. The van der Waals surface area contributed by atoms with Gasteiger partial charge in [0.15, 0.2) is 0 Å². The van der Waals surface area contributed by atoms with E-state index in [0.717, 1.165) is 25.3 Å². The van der Waals surface area contributed by atoms with E-state index < -0.39 is 0 Å². The van der Waals surface area contributed by atoms with E-state index in [2.05, 4.69) is 27.1 Å². The van der Waals surface area contributed by atoms with Crippen LogP contribution < -0.4 is 4.74 Å². The van der Waals surface area contributed by atoms with Crippen molar-refractivity contribution < 1.29 is 9.26 Å². The van der Waals surface area contributed by atoms with Crippen molar-refractivity contribution in [3.63, 3.8) is 0 Å². The molecule has 0 aliphatic carbocycles. The van der Waals surface area contributed by atoms with E-state index in [0.29, 0.717) is 29.1 Å². The molecule has 0 bridgehead atoms. The molecule has 2 aromatic heterocycles. The minimum Gasteiger partial charge on any atom is -0.456 e. The van der Waals surface area contributed by atoms with Gasteiger partial charge in [-0.1, -0.05) is 23.4 Å². The van der Waals surface area contributed by atoms with Gasteiger partial charge in [0.1, 0.15) is 17.2 Å². The van der Waals surface area contributed by atoms with E-state index in [9.17, 15) is 0 Å². The van der Waals surface area contributed by atoms with Gasteiger partial charge >= 0.3 is 0 Å². The number of hydrogen-bond acceptors (Lipinski definition) is 6. The van der Waals surface area contributed by atoms with Gasteiger partial charge in [-0.2, -0.15) is 4.98 Å². The summed E-state index contributed by atoms with van der Waals surface area (Å²) in [6.45, 7) is 2.22. The maximum absolute atomic E-state index is 5.74. The smallest absolute Gasteiger partial charge is 0.227 e. The summed E-state index contributed by atoms with van der Waals surface area (Å²) in [6, 6.07) is 13.3. The normalized spacial score (nSPS) is 17.7. The SMILES string of the molecule is CN1CCC(Cc2nc(-c3ccc(Oc4ccccc4)cn3)no2)C1. The molecule has 1 aromatic carbocycles. The fourth-order valence-electron chi connectivity index (χ4n) is 3.08.